The summed E-state index contributed by atoms with van der Waals surface area (Å²) in [4.78, 5) is 22.9. The summed E-state index contributed by atoms with van der Waals surface area (Å²) in [6.45, 7) is 16.2. The molecule has 11 heteroatoms. The van der Waals surface area contributed by atoms with Crippen LogP contribution >= 0.6 is 0 Å². The minimum atomic E-state index is -0.993. The Hall–Kier alpha value is -2.76. The van der Waals surface area contributed by atoms with E-state index in [0.717, 1.165) is 23.9 Å². The minimum Gasteiger partial charge on any atom is -0.451 e. The van der Waals surface area contributed by atoms with Crippen LogP contribution < -0.4 is 0 Å². The molecule has 0 atom stereocenters. The van der Waals surface area contributed by atoms with Gasteiger partial charge in [-0.05, 0) is 57.3 Å². The zero-order chi connectivity index (χ0) is 26.8. The maximum atomic E-state index is 12.2. The molecule has 1 aliphatic heterocycles. The van der Waals surface area contributed by atoms with E-state index in [2.05, 4.69) is 42.4 Å². The maximum absolute atomic E-state index is 12.2. The van der Waals surface area contributed by atoms with E-state index in [9.17, 15) is 4.79 Å². The van der Waals surface area contributed by atoms with Crippen LogP contribution in [0.2, 0.25) is 11.6 Å². The second-order valence-electron chi connectivity index (χ2n) is 11.4. The van der Waals surface area contributed by atoms with Gasteiger partial charge in [0.05, 0.1) is 18.4 Å². The normalized spacial score (nSPS) is 15.6. The van der Waals surface area contributed by atoms with E-state index in [-0.39, 0.29) is 29.7 Å². The van der Waals surface area contributed by atoms with Crippen molar-refractivity contribution in [1.29, 1.82) is 0 Å². The zero-order valence-electron chi connectivity index (χ0n) is 22.8. The van der Waals surface area contributed by atoms with Crippen molar-refractivity contribution in [2.45, 2.75) is 90.9 Å². The molecule has 0 aliphatic carbocycles. The number of likely N-dealkylation sites (tertiary alicyclic amines) is 1. The minimum absolute atomic E-state index is 0.0126. The average molecular weight is 530 g/mol. The van der Waals surface area contributed by atoms with Crippen LogP contribution in [0.3, 0.4) is 0 Å². The van der Waals surface area contributed by atoms with Gasteiger partial charge in [0.15, 0.2) is 11.6 Å². The molecule has 0 aromatic carbocycles. The highest BCUT2D eigenvalue weighted by atomic mass is 28.3. The van der Waals surface area contributed by atoms with Gasteiger partial charge in [-0.15, -0.1) is 0 Å². The summed E-state index contributed by atoms with van der Waals surface area (Å²) in [6, 6.07) is 3.68. The van der Waals surface area contributed by atoms with Crippen molar-refractivity contribution in [3.05, 3.63) is 29.8 Å². The molecular formula is C26H37N4O6Si. The van der Waals surface area contributed by atoms with Crippen LogP contribution in [0.1, 0.15) is 65.9 Å². The van der Waals surface area contributed by atoms with Gasteiger partial charge in [0.25, 0.3) is 5.89 Å². The van der Waals surface area contributed by atoms with Crippen molar-refractivity contribution in [1.82, 2.24) is 20.0 Å². The number of piperidine rings is 1. The molecule has 1 saturated heterocycles. The number of carbonyl (C=O) groups is 1. The third-order valence-electron chi connectivity index (χ3n) is 6.23. The highest BCUT2D eigenvalue weighted by Crippen LogP contribution is 2.31. The van der Waals surface area contributed by atoms with E-state index in [1.165, 1.54) is 0 Å². The van der Waals surface area contributed by atoms with Crippen LogP contribution in [0.25, 0.3) is 22.6 Å². The van der Waals surface area contributed by atoms with Crippen molar-refractivity contribution in [2.24, 2.45) is 0 Å². The molecule has 1 radical (unpaired) electrons. The predicted octanol–water partition coefficient (Wildman–Crippen LogP) is 5.73. The highest BCUT2D eigenvalue weighted by Gasteiger charge is 2.28. The van der Waals surface area contributed by atoms with E-state index in [1.54, 1.807) is 11.1 Å². The van der Waals surface area contributed by atoms with E-state index in [4.69, 9.17) is 22.8 Å². The summed E-state index contributed by atoms with van der Waals surface area (Å²) < 4.78 is 29.0. The monoisotopic (exact) mass is 529 g/mol. The third-order valence-corrected chi connectivity index (χ3v) is 8.92. The lowest BCUT2D eigenvalue weighted by Gasteiger charge is -2.33. The Bertz CT molecular complexity index is 1200. The number of aromatic nitrogens is 3. The van der Waals surface area contributed by atoms with Crippen LogP contribution in [-0.4, -0.2) is 60.0 Å². The van der Waals surface area contributed by atoms with E-state index in [0.29, 0.717) is 36.9 Å². The lowest BCUT2D eigenvalue weighted by Crippen LogP contribution is -2.43. The number of furan rings is 1. The van der Waals surface area contributed by atoms with Gasteiger partial charge < -0.3 is 27.7 Å². The fourth-order valence-electron chi connectivity index (χ4n) is 3.77. The number of hydrogen-bond donors (Lipinski definition) is 0. The predicted molar refractivity (Wildman–Crippen MR) is 139 cm³/mol. The van der Waals surface area contributed by atoms with Crippen molar-refractivity contribution in [3.63, 3.8) is 0 Å². The number of fused-ring (bicyclic) bond motifs is 1. The van der Waals surface area contributed by atoms with Crippen molar-refractivity contribution >= 4 is 26.1 Å². The SMILES string of the molecule is C[Si](OCc1nccc2oc(-c3nc(COC4CCN(C(=O)OC(C)(C)C)CC4)no3)cc12)C(C)(C)C. The molecule has 0 unspecified atom stereocenters. The number of ether oxygens (including phenoxy) is 2. The Morgan fingerprint density at radius 2 is 1.89 bits per heavy atom. The van der Waals surface area contributed by atoms with Crippen LogP contribution in [0.15, 0.2) is 27.3 Å². The largest absolute Gasteiger partial charge is 0.451 e. The zero-order valence-corrected chi connectivity index (χ0v) is 23.8. The molecule has 0 spiro atoms. The number of hydrogen-bond acceptors (Lipinski definition) is 9. The van der Waals surface area contributed by atoms with Crippen molar-refractivity contribution in [2.75, 3.05) is 13.1 Å². The first-order valence-electron chi connectivity index (χ1n) is 12.7. The van der Waals surface area contributed by atoms with E-state index < -0.39 is 14.6 Å². The Labute approximate surface area is 219 Å². The summed E-state index contributed by atoms with van der Waals surface area (Å²) in [5.41, 5.74) is 1.01. The summed E-state index contributed by atoms with van der Waals surface area (Å²) in [5.74, 6) is 1.21. The van der Waals surface area contributed by atoms with Crippen LogP contribution in [0.5, 0.6) is 0 Å². The lowest BCUT2D eigenvalue weighted by atomic mass is 10.1. The maximum Gasteiger partial charge on any atom is 0.410 e. The average Bonchev–Trinajstić information content (AvgIpc) is 3.47. The van der Waals surface area contributed by atoms with E-state index >= 15 is 0 Å². The third kappa shape index (κ3) is 7.17. The summed E-state index contributed by atoms with van der Waals surface area (Å²) in [6.07, 6.45) is 2.89. The standard InChI is InChI=1S/C26H37N4O6Si/c1-25(2,3)35-24(31)30-12-9-17(10-13-30)32-16-22-28-23(36-29-22)21-14-18-19(27-11-8-20(18)34-21)15-33-37(7)26(4,5)6/h8,11,14,17H,9-10,12-13,15-16H2,1-7H3. The summed E-state index contributed by atoms with van der Waals surface area (Å²) in [7, 11) is -0.993. The number of rotatable bonds is 7. The fourth-order valence-corrected chi connectivity index (χ4v) is 4.56. The number of pyridine rings is 1. The molecular weight excluding hydrogens is 492 g/mol. The second-order valence-corrected chi connectivity index (χ2v) is 14.3. The van der Waals surface area contributed by atoms with Gasteiger partial charge in [0.1, 0.15) is 17.8 Å². The first kappa shape index (κ1) is 27.3. The van der Waals surface area contributed by atoms with Gasteiger partial charge in [-0.3, -0.25) is 4.98 Å². The van der Waals surface area contributed by atoms with Crippen LogP contribution in [-0.2, 0) is 27.1 Å². The second kappa shape index (κ2) is 10.9. The molecule has 4 heterocycles. The Kier molecular flexibility index (Phi) is 8.05. The first-order chi connectivity index (χ1) is 17.4. The Morgan fingerprint density at radius 1 is 1.16 bits per heavy atom. The molecule has 1 aliphatic rings. The van der Waals surface area contributed by atoms with Gasteiger partial charge >= 0.3 is 6.09 Å². The number of amides is 1. The van der Waals surface area contributed by atoms with Crippen LogP contribution in [0.4, 0.5) is 4.79 Å². The molecule has 3 aromatic rings. The topological polar surface area (TPSA) is 113 Å². The summed E-state index contributed by atoms with van der Waals surface area (Å²) in [5, 5.41) is 5.05. The summed E-state index contributed by atoms with van der Waals surface area (Å²) >= 11 is 0. The van der Waals surface area contributed by atoms with Crippen molar-refractivity contribution in [3.8, 4) is 11.7 Å². The molecule has 1 fully saturated rings. The fraction of sp³-hybridized carbons (Fsp3) is 0.615. The Morgan fingerprint density at radius 3 is 2.57 bits per heavy atom. The molecule has 0 N–H and O–H groups in total. The van der Waals surface area contributed by atoms with Gasteiger partial charge in [0.2, 0.25) is 9.04 Å². The molecule has 10 nitrogen and oxygen atoms in total. The van der Waals surface area contributed by atoms with Gasteiger partial charge in [-0.25, -0.2) is 4.79 Å². The molecule has 1 amide bonds. The number of carbonyl (C=O) groups excluding carboxylic acids is 1. The van der Waals surface area contributed by atoms with Gasteiger partial charge in [-0.1, -0.05) is 25.9 Å². The molecule has 0 saturated carbocycles. The molecule has 4 rings (SSSR count). The molecule has 37 heavy (non-hydrogen) atoms. The first-order valence-corrected chi connectivity index (χ1v) is 14.6. The molecule has 201 valence electrons. The lowest BCUT2D eigenvalue weighted by molar-refractivity contribution is -0.0190. The molecule has 3 aromatic heterocycles. The Balaban J connectivity index is 1.32. The van der Waals surface area contributed by atoms with E-state index in [1.807, 2.05) is 32.9 Å². The number of nitrogens with zero attached hydrogens (tertiary/aromatic N) is 4. The quantitative estimate of drug-likeness (QED) is 0.354. The van der Waals surface area contributed by atoms with Crippen molar-refractivity contribution < 1.29 is 27.6 Å². The molecule has 0 bridgehead atoms. The highest BCUT2D eigenvalue weighted by molar-refractivity contribution is 6.53. The smallest absolute Gasteiger partial charge is 0.410 e. The van der Waals surface area contributed by atoms with Gasteiger partial charge in [0, 0.05) is 24.7 Å². The van der Waals surface area contributed by atoms with Gasteiger partial charge in [-0.2, -0.15) is 4.98 Å². The van der Waals surface area contributed by atoms with Crippen LogP contribution in [0, 0.1) is 0 Å².